The predicted molar refractivity (Wildman–Crippen MR) is 80.7 cm³/mol. The van der Waals surface area contributed by atoms with Gasteiger partial charge in [-0.1, -0.05) is 39.0 Å². The van der Waals surface area contributed by atoms with E-state index in [0.717, 1.165) is 12.2 Å². The summed E-state index contributed by atoms with van der Waals surface area (Å²) in [6.07, 6.45) is 7.50. The van der Waals surface area contributed by atoms with Crippen LogP contribution in [0.3, 0.4) is 0 Å². The zero-order chi connectivity index (χ0) is 14.2. The highest BCUT2D eigenvalue weighted by Crippen LogP contribution is 2.38. The van der Waals surface area contributed by atoms with E-state index in [1.165, 1.54) is 32.1 Å². The van der Waals surface area contributed by atoms with Gasteiger partial charge in [0.1, 0.15) is 19.0 Å². The van der Waals surface area contributed by atoms with Crippen LogP contribution < -0.4 is 19.9 Å². The Kier molecular flexibility index (Phi) is 5.84. The van der Waals surface area contributed by atoms with E-state index in [1.54, 1.807) is 6.07 Å². The van der Waals surface area contributed by atoms with Gasteiger partial charge in [0.25, 0.3) is 0 Å². The highest BCUT2D eigenvalue weighted by atomic mass is 16.6. The van der Waals surface area contributed by atoms with E-state index >= 15 is 0 Å². The first kappa shape index (κ1) is 14.8. The fourth-order valence-electron chi connectivity index (χ4n) is 2.28. The Morgan fingerprint density at radius 2 is 1.65 bits per heavy atom. The van der Waals surface area contributed by atoms with E-state index < -0.39 is 0 Å². The molecule has 0 spiro atoms. The second kappa shape index (κ2) is 7.88. The van der Waals surface area contributed by atoms with Crippen LogP contribution in [0.1, 0.15) is 45.4 Å². The molecular formula is C16H25NO3. The van der Waals surface area contributed by atoms with Gasteiger partial charge < -0.3 is 19.9 Å². The summed E-state index contributed by atoms with van der Waals surface area (Å²) in [5.74, 6) is 2.13. The van der Waals surface area contributed by atoms with E-state index in [-0.39, 0.29) is 0 Å². The van der Waals surface area contributed by atoms with Crippen LogP contribution in [0.5, 0.6) is 17.2 Å². The molecule has 4 nitrogen and oxygen atoms in total. The summed E-state index contributed by atoms with van der Waals surface area (Å²) >= 11 is 0. The zero-order valence-corrected chi connectivity index (χ0v) is 12.3. The highest BCUT2D eigenvalue weighted by molar-refractivity contribution is 5.62. The van der Waals surface area contributed by atoms with Crippen molar-refractivity contribution >= 4 is 5.69 Å². The van der Waals surface area contributed by atoms with Crippen LogP contribution in [0.25, 0.3) is 0 Å². The molecule has 2 N–H and O–H groups in total. The Bertz CT molecular complexity index is 420. The van der Waals surface area contributed by atoms with E-state index in [0.29, 0.717) is 37.0 Å². The SMILES string of the molecule is CCCCCCCCOc1cc2c(cc1N)OCCO2. The summed E-state index contributed by atoms with van der Waals surface area (Å²) in [6.45, 7) is 4.09. The molecule has 1 aliphatic rings. The van der Waals surface area contributed by atoms with Gasteiger partial charge in [-0.25, -0.2) is 0 Å². The van der Waals surface area contributed by atoms with E-state index in [9.17, 15) is 0 Å². The smallest absolute Gasteiger partial charge is 0.165 e. The standard InChI is InChI=1S/C16H25NO3/c1-2-3-4-5-6-7-8-18-14-12-16-15(11-13(14)17)19-9-10-20-16/h11-12H,2-10,17H2,1H3. The lowest BCUT2D eigenvalue weighted by molar-refractivity contribution is 0.170. The average molecular weight is 279 g/mol. The monoisotopic (exact) mass is 279 g/mol. The lowest BCUT2D eigenvalue weighted by Crippen LogP contribution is -2.15. The number of nitrogen functional groups attached to an aromatic ring is 1. The van der Waals surface area contributed by atoms with Crippen LogP contribution in [0, 0.1) is 0 Å². The minimum atomic E-state index is 0.574. The maximum atomic E-state index is 5.96. The summed E-state index contributed by atoms with van der Waals surface area (Å²) in [5.41, 5.74) is 6.58. The van der Waals surface area contributed by atoms with E-state index in [1.807, 2.05) is 6.07 Å². The molecule has 0 amide bonds. The van der Waals surface area contributed by atoms with Gasteiger partial charge in [-0.05, 0) is 6.42 Å². The van der Waals surface area contributed by atoms with E-state index in [2.05, 4.69) is 6.92 Å². The Hall–Kier alpha value is -1.58. The topological polar surface area (TPSA) is 53.7 Å². The van der Waals surface area contributed by atoms with Crippen LogP contribution in [0.4, 0.5) is 5.69 Å². The lowest BCUT2D eigenvalue weighted by Gasteiger charge is -2.20. The van der Waals surface area contributed by atoms with Gasteiger partial charge in [0.05, 0.1) is 12.3 Å². The van der Waals surface area contributed by atoms with Crippen molar-refractivity contribution in [3.05, 3.63) is 12.1 Å². The molecule has 0 aliphatic carbocycles. The maximum absolute atomic E-state index is 5.96. The zero-order valence-electron chi connectivity index (χ0n) is 12.3. The summed E-state index contributed by atoms with van der Waals surface area (Å²) in [5, 5.41) is 0. The lowest BCUT2D eigenvalue weighted by atomic mass is 10.1. The predicted octanol–water partition coefficient (Wildman–Crippen LogP) is 3.78. The summed E-state index contributed by atoms with van der Waals surface area (Å²) in [6, 6.07) is 3.62. The summed E-state index contributed by atoms with van der Waals surface area (Å²) in [7, 11) is 0. The summed E-state index contributed by atoms with van der Waals surface area (Å²) in [4.78, 5) is 0. The molecule has 1 aliphatic heterocycles. The van der Waals surface area contributed by atoms with Crippen molar-refractivity contribution in [1.29, 1.82) is 0 Å². The molecule has 0 fully saturated rings. The number of fused-ring (bicyclic) bond motifs is 1. The molecule has 0 radical (unpaired) electrons. The number of ether oxygens (including phenoxy) is 3. The van der Waals surface area contributed by atoms with Crippen molar-refractivity contribution in [2.45, 2.75) is 45.4 Å². The first-order valence-corrected chi connectivity index (χ1v) is 7.63. The number of unbranched alkanes of at least 4 members (excludes halogenated alkanes) is 5. The average Bonchev–Trinajstić information content (AvgIpc) is 2.46. The third kappa shape index (κ3) is 4.22. The molecule has 0 saturated carbocycles. The molecule has 0 aromatic heterocycles. The Labute approximate surface area is 121 Å². The second-order valence-corrected chi connectivity index (χ2v) is 5.15. The minimum absolute atomic E-state index is 0.574. The maximum Gasteiger partial charge on any atom is 0.165 e. The normalized spacial score (nSPS) is 13.2. The number of hydrogen-bond acceptors (Lipinski definition) is 4. The molecule has 1 heterocycles. The Morgan fingerprint density at radius 1 is 1.00 bits per heavy atom. The van der Waals surface area contributed by atoms with E-state index in [4.69, 9.17) is 19.9 Å². The quantitative estimate of drug-likeness (QED) is 0.581. The molecule has 0 unspecified atom stereocenters. The van der Waals surface area contributed by atoms with Gasteiger partial charge in [-0.2, -0.15) is 0 Å². The van der Waals surface area contributed by atoms with Crippen LogP contribution in [-0.2, 0) is 0 Å². The largest absolute Gasteiger partial charge is 0.491 e. The summed E-state index contributed by atoms with van der Waals surface area (Å²) < 4.78 is 16.8. The minimum Gasteiger partial charge on any atom is -0.491 e. The van der Waals surface area contributed by atoms with Gasteiger partial charge in [0.15, 0.2) is 11.5 Å². The number of anilines is 1. The Morgan fingerprint density at radius 3 is 2.40 bits per heavy atom. The second-order valence-electron chi connectivity index (χ2n) is 5.15. The molecule has 4 heteroatoms. The van der Waals surface area contributed by atoms with Crippen molar-refractivity contribution in [3.8, 4) is 17.2 Å². The van der Waals surface area contributed by atoms with Gasteiger partial charge in [-0.3, -0.25) is 0 Å². The van der Waals surface area contributed by atoms with Gasteiger partial charge >= 0.3 is 0 Å². The van der Waals surface area contributed by atoms with Gasteiger partial charge in [0.2, 0.25) is 0 Å². The number of benzene rings is 1. The first-order valence-electron chi connectivity index (χ1n) is 7.63. The van der Waals surface area contributed by atoms with Gasteiger partial charge in [-0.15, -0.1) is 0 Å². The third-order valence-corrected chi connectivity index (χ3v) is 3.43. The number of rotatable bonds is 8. The van der Waals surface area contributed by atoms with Crippen LogP contribution in [0.15, 0.2) is 12.1 Å². The third-order valence-electron chi connectivity index (χ3n) is 3.43. The van der Waals surface area contributed by atoms with Crippen LogP contribution in [0.2, 0.25) is 0 Å². The van der Waals surface area contributed by atoms with Crippen molar-refractivity contribution in [2.75, 3.05) is 25.6 Å². The fraction of sp³-hybridized carbons (Fsp3) is 0.625. The number of hydrogen-bond donors (Lipinski definition) is 1. The molecule has 112 valence electrons. The highest BCUT2D eigenvalue weighted by Gasteiger charge is 2.15. The van der Waals surface area contributed by atoms with Crippen molar-refractivity contribution in [1.82, 2.24) is 0 Å². The van der Waals surface area contributed by atoms with Crippen molar-refractivity contribution < 1.29 is 14.2 Å². The van der Waals surface area contributed by atoms with Crippen molar-refractivity contribution in [3.63, 3.8) is 0 Å². The fourth-order valence-corrected chi connectivity index (χ4v) is 2.28. The molecule has 0 atom stereocenters. The first-order chi connectivity index (χ1) is 9.81. The van der Waals surface area contributed by atoms with Crippen LogP contribution in [-0.4, -0.2) is 19.8 Å². The molecule has 0 saturated heterocycles. The molecular weight excluding hydrogens is 254 g/mol. The molecule has 0 bridgehead atoms. The Balaban J connectivity index is 1.75. The van der Waals surface area contributed by atoms with Crippen molar-refractivity contribution in [2.24, 2.45) is 0 Å². The van der Waals surface area contributed by atoms with Gasteiger partial charge in [0, 0.05) is 12.1 Å². The number of nitrogens with two attached hydrogens (primary N) is 1. The molecule has 20 heavy (non-hydrogen) atoms. The van der Waals surface area contributed by atoms with Crippen LogP contribution >= 0.6 is 0 Å². The molecule has 1 aromatic carbocycles. The molecule has 1 aromatic rings. The molecule has 2 rings (SSSR count).